The van der Waals surface area contributed by atoms with Crippen LogP contribution in [0.25, 0.3) is 5.69 Å². The minimum Gasteiger partial charge on any atom is -0.490 e. The SMILES string of the molecule is COCCOc1cc(-n2cnc(N)c2)ccc1C#N. The fourth-order valence-corrected chi connectivity index (χ4v) is 1.60. The highest BCUT2D eigenvalue weighted by molar-refractivity contribution is 5.50. The molecule has 0 amide bonds. The Hall–Kier alpha value is -2.52. The van der Waals surface area contributed by atoms with Crippen LogP contribution in [0.3, 0.4) is 0 Å². The van der Waals surface area contributed by atoms with E-state index in [0.29, 0.717) is 30.3 Å². The third-order valence-corrected chi connectivity index (χ3v) is 2.53. The van der Waals surface area contributed by atoms with Crippen LogP contribution < -0.4 is 10.5 Å². The third kappa shape index (κ3) is 3.03. The van der Waals surface area contributed by atoms with E-state index in [9.17, 15) is 0 Å². The summed E-state index contributed by atoms with van der Waals surface area (Å²) < 4.78 is 12.2. The van der Waals surface area contributed by atoms with Crippen LogP contribution in [0, 0.1) is 11.3 Å². The maximum absolute atomic E-state index is 9.04. The standard InChI is InChI=1S/C13H14N4O2/c1-18-4-5-19-12-6-11(3-2-10(12)7-14)17-8-13(15)16-9-17/h2-3,6,8-9H,4-5,15H2,1H3. The first-order chi connectivity index (χ1) is 9.24. The molecule has 1 heterocycles. The predicted octanol–water partition coefficient (Wildman–Crippen LogP) is 1.35. The molecule has 0 atom stereocenters. The second kappa shape index (κ2) is 5.89. The van der Waals surface area contributed by atoms with E-state index in [2.05, 4.69) is 11.1 Å². The van der Waals surface area contributed by atoms with E-state index in [-0.39, 0.29) is 0 Å². The van der Waals surface area contributed by atoms with Crippen molar-refractivity contribution in [3.8, 4) is 17.5 Å². The monoisotopic (exact) mass is 258 g/mol. The highest BCUT2D eigenvalue weighted by atomic mass is 16.5. The van der Waals surface area contributed by atoms with Gasteiger partial charge in [0, 0.05) is 13.2 Å². The number of methoxy groups -OCH3 is 1. The summed E-state index contributed by atoms with van der Waals surface area (Å²) >= 11 is 0. The Kier molecular flexibility index (Phi) is 4.00. The number of nitrogen functional groups attached to an aromatic ring is 1. The number of nitrogens with two attached hydrogens (primary N) is 1. The first kappa shape index (κ1) is 12.9. The van der Waals surface area contributed by atoms with Crippen LogP contribution >= 0.6 is 0 Å². The van der Waals surface area contributed by atoms with Gasteiger partial charge in [0.1, 0.15) is 30.6 Å². The van der Waals surface area contributed by atoms with Crippen molar-refractivity contribution in [2.75, 3.05) is 26.1 Å². The molecule has 0 aliphatic carbocycles. The third-order valence-electron chi connectivity index (χ3n) is 2.53. The van der Waals surface area contributed by atoms with Crippen molar-refractivity contribution in [2.45, 2.75) is 0 Å². The molecule has 0 fully saturated rings. The smallest absolute Gasteiger partial charge is 0.141 e. The van der Waals surface area contributed by atoms with Gasteiger partial charge in [-0.05, 0) is 12.1 Å². The summed E-state index contributed by atoms with van der Waals surface area (Å²) in [5, 5.41) is 9.04. The van der Waals surface area contributed by atoms with E-state index < -0.39 is 0 Å². The zero-order valence-corrected chi connectivity index (χ0v) is 10.5. The fraction of sp³-hybridized carbons (Fsp3) is 0.231. The summed E-state index contributed by atoms with van der Waals surface area (Å²) in [7, 11) is 1.60. The van der Waals surface area contributed by atoms with Gasteiger partial charge in [-0.15, -0.1) is 0 Å². The Labute approximate surface area is 111 Å². The molecule has 6 nitrogen and oxygen atoms in total. The lowest BCUT2D eigenvalue weighted by Crippen LogP contribution is -2.06. The predicted molar refractivity (Wildman–Crippen MR) is 70.1 cm³/mol. The fourth-order valence-electron chi connectivity index (χ4n) is 1.60. The summed E-state index contributed by atoms with van der Waals surface area (Å²) in [4.78, 5) is 3.96. The zero-order valence-electron chi connectivity index (χ0n) is 10.5. The number of nitrogens with zero attached hydrogens (tertiary/aromatic N) is 3. The molecule has 1 aromatic carbocycles. The molecule has 2 N–H and O–H groups in total. The van der Waals surface area contributed by atoms with Gasteiger partial charge in [-0.2, -0.15) is 5.26 Å². The van der Waals surface area contributed by atoms with Crippen molar-refractivity contribution < 1.29 is 9.47 Å². The molecule has 0 aliphatic heterocycles. The molecule has 0 spiro atoms. The Morgan fingerprint density at radius 3 is 2.89 bits per heavy atom. The lowest BCUT2D eigenvalue weighted by atomic mass is 10.2. The van der Waals surface area contributed by atoms with Crippen LogP contribution in [0.1, 0.15) is 5.56 Å². The van der Waals surface area contributed by atoms with Crippen LogP contribution in [0.4, 0.5) is 5.82 Å². The van der Waals surface area contributed by atoms with Crippen molar-refractivity contribution in [1.82, 2.24) is 9.55 Å². The maximum Gasteiger partial charge on any atom is 0.141 e. The van der Waals surface area contributed by atoms with Gasteiger partial charge in [0.15, 0.2) is 0 Å². The van der Waals surface area contributed by atoms with Crippen LogP contribution in [0.5, 0.6) is 5.75 Å². The lowest BCUT2D eigenvalue weighted by molar-refractivity contribution is 0.146. The molecular weight excluding hydrogens is 244 g/mol. The number of hydrogen-bond acceptors (Lipinski definition) is 5. The van der Waals surface area contributed by atoms with Crippen molar-refractivity contribution >= 4 is 5.82 Å². The van der Waals surface area contributed by atoms with Gasteiger partial charge < -0.3 is 19.8 Å². The van der Waals surface area contributed by atoms with Gasteiger partial charge in [0.2, 0.25) is 0 Å². The van der Waals surface area contributed by atoms with Gasteiger partial charge in [-0.3, -0.25) is 0 Å². The molecule has 0 aliphatic rings. The number of rotatable bonds is 5. The van der Waals surface area contributed by atoms with E-state index in [4.69, 9.17) is 20.5 Å². The molecular formula is C13H14N4O2. The first-order valence-electron chi connectivity index (χ1n) is 5.70. The Bertz CT molecular complexity index is 601. The number of aromatic nitrogens is 2. The summed E-state index contributed by atoms with van der Waals surface area (Å²) in [6, 6.07) is 7.37. The van der Waals surface area contributed by atoms with Crippen LogP contribution in [0.15, 0.2) is 30.7 Å². The van der Waals surface area contributed by atoms with Gasteiger partial charge >= 0.3 is 0 Å². The van der Waals surface area contributed by atoms with E-state index >= 15 is 0 Å². The van der Waals surface area contributed by atoms with E-state index in [1.807, 2.05) is 6.07 Å². The maximum atomic E-state index is 9.04. The van der Waals surface area contributed by atoms with Crippen molar-refractivity contribution in [3.05, 3.63) is 36.3 Å². The van der Waals surface area contributed by atoms with Crippen molar-refractivity contribution in [3.63, 3.8) is 0 Å². The Balaban J connectivity index is 2.27. The van der Waals surface area contributed by atoms with Crippen molar-refractivity contribution in [2.24, 2.45) is 0 Å². The molecule has 0 radical (unpaired) electrons. The highest BCUT2D eigenvalue weighted by Crippen LogP contribution is 2.22. The lowest BCUT2D eigenvalue weighted by Gasteiger charge is -2.09. The molecule has 0 saturated carbocycles. The largest absolute Gasteiger partial charge is 0.490 e. The van der Waals surface area contributed by atoms with Crippen LogP contribution in [0.2, 0.25) is 0 Å². The van der Waals surface area contributed by atoms with Gasteiger partial charge in [0.25, 0.3) is 0 Å². The minimum atomic E-state index is 0.390. The Morgan fingerprint density at radius 1 is 1.42 bits per heavy atom. The minimum absolute atomic E-state index is 0.390. The molecule has 0 saturated heterocycles. The molecule has 2 aromatic rings. The quantitative estimate of drug-likeness (QED) is 0.818. The normalized spacial score (nSPS) is 10.1. The van der Waals surface area contributed by atoms with Crippen LogP contribution in [-0.4, -0.2) is 29.9 Å². The summed E-state index contributed by atoms with van der Waals surface area (Å²) in [5.74, 6) is 0.954. The molecule has 2 rings (SSSR count). The first-order valence-corrected chi connectivity index (χ1v) is 5.70. The second-order valence-electron chi connectivity index (χ2n) is 3.84. The molecule has 0 bridgehead atoms. The summed E-state index contributed by atoms with van der Waals surface area (Å²) in [6.45, 7) is 0.855. The van der Waals surface area contributed by atoms with E-state index in [1.54, 1.807) is 36.3 Å². The molecule has 19 heavy (non-hydrogen) atoms. The number of benzene rings is 1. The summed E-state index contributed by atoms with van der Waals surface area (Å²) in [5.41, 5.74) is 6.89. The highest BCUT2D eigenvalue weighted by Gasteiger charge is 2.06. The number of hydrogen-bond donors (Lipinski definition) is 1. The average Bonchev–Trinajstić information content (AvgIpc) is 2.85. The number of imidazole rings is 1. The molecule has 1 aromatic heterocycles. The topological polar surface area (TPSA) is 86.1 Å². The summed E-state index contributed by atoms with van der Waals surface area (Å²) in [6.07, 6.45) is 3.30. The zero-order chi connectivity index (χ0) is 13.7. The van der Waals surface area contributed by atoms with Gasteiger partial charge in [0.05, 0.1) is 24.1 Å². The molecule has 98 valence electrons. The molecule has 0 unspecified atom stereocenters. The van der Waals surface area contributed by atoms with E-state index in [1.165, 1.54) is 0 Å². The van der Waals surface area contributed by atoms with Crippen molar-refractivity contribution in [1.29, 1.82) is 5.26 Å². The number of ether oxygens (including phenoxy) is 2. The molecule has 6 heteroatoms. The van der Waals surface area contributed by atoms with Gasteiger partial charge in [-0.25, -0.2) is 4.98 Å². The Morgan fingerprint density at radius 2 is 2.26 bits per heavy atom. The van der Waals surface area contributed by atoms with E-state index in [0.717, 1.165) is 5.69 Å². The van der Waals surface area contributed by atoms with Gasteiger partial charge in [-0.1, -0.05) is 0 Å². The number of anilines is 1. The number of nitriles is 1. The van der Waals surface area contributed by atoms with Crippen LogP contribution in [-0.2, 0) is 4.74 Å². The second-order valence-corrected chi connectivity index (χ2v) is 3.84. The average molecular weight is 258 g/mol.